The first-order valence-corrected chi connectivity index (χ1v) is 10.1. The molecule has 1 atom stereocenters. The molecule has 0 saturated carbocycles. The maximum atomic E-state index is 14.1. The molecule has 0 radical (unpaired) electrons. The van der Waals surface area contributed by atoms with Crippen molar-refractivity contribution in [2.24, 2.45) is 21.5 Å². The molecule has 2 heterocycles. The molecule has 2 bridgehead atoms. The smallest absolute Gasteiger partial charge is 0.257 e. The van der Waals surface area contributed by atoms with Gasteiger partial charge in [-0.1, -0.05) is 0 Å². The Labute approximate surface area is 189 Å². The standard InChI is InChI=1S/C23H25F3N6O/c1-12-18-7-16(24)3-4-17(18)21(28)14(9-30-2)5-13(8-27)22(31-11-20(25)26)15-6-19(33-12)23(29)32-10-15/h3-4,6-10,12,20H,5,11,27-28H2,1-2H3,(H2,29,32). The monoisotopic (exact) mass is 458 g/mol. The van der Waals surface area contributed by atoms with Gasteiger partial charge >= 0.3 is 0 Å². The van der Waals surface area contributed by atoms with Crippen LogP contribution in [0.25, 0.3) is 5.70 Å². The lowest BCUT2D eigenvalue weighted by molar-refractivity contribution is 0.159. The number of nitrogens with zero attached hydrogens (tertiary/aromatic N) is 3. The first-order valence-electron chi connectivity index (χ1n) is 10.1. The normalized spacial score (nSPS) is 19.5. The van der Waals surface area contributed by atoms with E-state index in [-0.39, 0.29) is 23.7 Å². The van der Waals surface area contributed by atoms with Gasteiger partial charge in [-0.25, -0.2) is 18.2 Å². The SMILES string of the molecule is CN=CC1=C(N)c2ccc(F)cc2C(C)Oc2cc(cnc2N)C(=NCC(F)F)C(=CN)C1. The van der Waals surface area contributed by atoms with E-state index in [0.29, 0.717) is 33.5 Å². The Hall–Kier alpha value is -3.82. The summed E-state index contributed by atoms with van der Waals surface area (Å²) in [5, 5.41) is 0. The van der Waals surface area contributed by atoms with E-state index in [9.17, 15) is 13.2 Å². The summed E-state index contributed by atoms with van der Waals surface area (Å²) in [4.78, 5) is 12.3. The van der Waals surface area contributed by atoms with Crippen LogP contribution in [-0.2, 0) is 0 Å². The molecule has 0 spiro atoms. The summed E-state index contributed by atoms with van der Waals surface area (Å²) >= 11 is 0. The first kappa shape index (κ1) is 23.8. The second-order valence-electron chi connectivity index (χ2n) is 7.37. The molecule has 1 aliphatic rings. The van der Waals surface area contributed by atoms with Crippen molar-refractivity contribution in [2.75, 3.05) is 19.3 Å². The summed E-state index contributed by atoms with van der Waals surface area (Å²) in [7, 11) is 1.57. The summed E-state index contributed by atoms with van der Waals surface area (Å²) < 4.78 is 46.2. The predicted octanol–water partition coefficient (Wildman–Crippen LogP) is 3.61. The summed E-state index contributed by atoms with van der Waals surface area (Å²) in [6.07, 6.45) is 1.03. The molecule has 0 amide bonds. The molecule has 1 aromatic carbocycles. The molecule has 10 heteroatoms. The van der Waals surface area contributed by atoms with Gasteiger partial charge < -0.3 is 21.9 Å². The Kier molecular flexibility index (Phi) is 7.37. The molecule has 1 aliphatic heterocycles. The highest BCUT2D eigenvalue weighted by molar-refractivity contribution is 6.13. The Bertz CT molecular complexity index is 1160. The Balaban J connectivity index is 2.32. The highest BCUT2D eigenvalue weighted by Gasteiger charge is 2.22. The topological polar surface area (TPSA) is 125 Å². The molecule has 1 aromatic heterocycles. The third-order valence-corrected chi connectivity index (χ3v) is 5.11. The van der Waals surface area contributed by atoms with Crippen LogP contribution in [0, 0.1) is 5.82 Å². The lowest BCUT2D eigenvalue weighted by Gasteiger charge is -2.23. The van der Waals surface area contributed by atoms with Crippen molar-refractivity contribution in [2.45, 2.75) is 25.9 Å². The zero-order valence-corrected chi connectivity index (χ0v) is 18.2. The number of halogens is 3. The van der Waals surface area contributed by atoms with Gasteiger partial charge in [0.15, 0.2) is 11.6 Å². The minimum absolute atomic E-state index is 0.0782. The Morgan fingerprint density at radius 3 is 2.70 bits per heavy atom. The van der Waals surface area contributed by atoms with E-state index in [1.807, 2.05) is 0 Å². The number of benzene rings is 1. The van der Waals surface area contributed by atoms with Crippen LogP contribution in [0.1, 0.15) is 36.1 Å². The van der Waals surface area contributed by atoms with Crippen LogP contribution >= 0.6 is 0 Å². The summed E-state index contributed by atoms with van der Waals surface area (Å²) in [5.41, 5.74) is 21.3. The minimum atomic E-state index is -2.66. The Morgan fingerprint density at radius 1 is 1.27 bits per heavy atom. The van der Waals surface area contributed by atoms with E-state index in [2.05, 4.69) is 15.0 Å². The number of allylic oxidation sites excluding steroid dienone is 2. The van der Waals surface area contributed by atoms with Crippen molar-refractivity contribution in [1.82, 2.24) is 4.98 Å². The molecule has 0 saturated heterocycles. The number of aromatic nitrogens is 1. The summed E-state index contributed by atoms with van der Waals surface area (Å²) in [6.45, 7) is 0.982. The van der Waals surface area contributed by atoms with E-state index in [1.165, 1.54) is 24.5 Å². The molecule has 7 nitrogen and oxygen atoms in total. The van der Waals surface area contributed by atoms with E-state index < -0.39 is 24.9 Å². The molecule has 0 fully saturated rings. The fraction of sp³-hybridized carbons (Fsp3) is 0.261. The van der Waals surface area contributed by atoms with Gasteiger partial charge in [-0.3, -0.25) is 9.98 Å². The number of alkyl halides is 2. The van der Waals surface area contributed by atoms with E-state index >= 15 is 0 Å². The maximum absolute atomic E-state index is 14.1. The van der Waals surface area contributed by atoms with Crippen LogP contribution in [0.5, 0.6) is 5.75 Å². The van der Waals surface area contributed by atoms with Gasteiger partial charge in [-0.05, 0) is 48.5 Å². The fourth-order valence-corrected chi connectivity index (χ4v) is 3.55. The van der Waals surface area contributed by atoms with Gasteiger partial charge in [0.2, 0.25) is 0 Å². The number of pyridine rings is 1. The maximum Gasteiger partial charge on any atom is 0.257 e. The number of nitrogens with two attached hydrogens (primary N) is 3. The largest absolute Gasteiger partial charge is 0.482 e. The van der Waals surface area contributed by atoms with Crippen LogP contribution in [0.3, 0.4) is 0 Å². The second-order valence-corrected chi connectivity index (χ2v) is 7.37. The molecule has 2 aromatic rings. The lowest BCUT2D eigenvalue weighted by atomic mass is 9.92. The van der Waals surface area contributed by atoms with E-state index in [4.69, 9.17) is 21.9 Å². The quantitative estimate of drug-likeness (QED) is 0.606. The highest BCUT2D eigenvalue weighted by Crippen LogP contribution is 2.33. The van der Waals surface area contributed by atoms with Crippen LogP contribution in [0.2, 0.25) is 0 Å². The van der Waals surface area contributed by atoms with Gasteiger partial charge in [0, 0.05) is 48.3 Å². The predicted molar refractivity (Wildman–Crippen MR) is 124 cm³/mol. The van der Waals surface area contributed by atoms with Crippen LogP contribution in [0.15, 0.2) is 57.8 Å². The van der Waals surface area contributed by atoms with Crippen molar-refractivity contribution < 1.29 is 17.9 Å². The van der Waals surface area contributed by atoms with Gasteiger partial charge in [0.05, 0.1) is 5.71 Å². The van der Waals surface area contributed by atoms with Gasteiger partial charge in [0.25, 0.3) is 6.43 Å². The van der Waals surface area contributed by atoms with Crippen molar-refractivity contribution in [3.8, 4) is 5.75 Å². The molecule has 33 heavy (non-hydrogen) atoms. The van der Waals surface area contributed by atoms with Crippen LogP contribution in [0.4, 0.5) is 19.0 Å². The third kappa shape index (κ3) is 5.33. The van der Waals surface area contributed by atoms with Gasteiger partial charge in [-0.15, -0.1) is 0 Å². The van der Waals surface area contributed by atoms with E-state index in [1.54, 1.807) is 32.3 Å². The van der Waals surface area contributed by atoms with Crippen molar-refractivity contribution in [1.29, 1.82) is 0 Å². The molecule has 6 N–H and O–H groups in total. The average Bonchev–Trinajstić information content (AvgIpc) is 2.78. The molecular formula is C23H25F3N6O. The van der Waals surface area contributed by atoms with Gasteiger partial charge in [-0.2, -0.15) is 0 Å². The van der Waals surface area contributed by atoms with E-state index in [0.717, 1.165) is 0 Å². The van der Waals surface area contributed by atoms with Crippen molar-refractivity contribution >= 4 is 23.4 Å². The third-order valence-electron chi connectivity index (χ3n) is 5.11. The number of rotatable bonds is 3. The zero-order valence-electron chi connectivity index (χ0n) is 18.2. The summed E-state index contributed by atoms with van der Waals surface area (Å²) in [5.74, 6) is -0.192. The number of fused-ring (bicyclic) bond motifs is 3. The van der Waals surface area contributed by atoms with Crippen molar-refractivity contribution in [3.05, 3.63) is 70.3 Å². The molecule has 0 aliphatic carbocycles. The fourth-order valence-electron chi connectivity index (χ4n) is 3.55. The first-order chi connectivity index (χ1) is 15.7. The molecule has 1 unspecified atom stereocenters. The zero-order chi connectivity index (χ0) is 24.1. The average molecular weight is 458 g/mol. The van der Waals surface area contributed by atoms with Gasteiger partial charge in [0.1, 0.15) is 18.5 Å². The molecule has 3 rings (SSSR count). The van der Waals surface area contributed by atoms with Crippen LogP contribution < -0.4 is 21.9 Å². The van der Waals surface area contributed by atoms with Crippen LogP contribution in [-0.4, -0.2) is 36.9 Å². The minimum Gasteiger partial charge on any atom is -0.482 e. The number of nitrogen functional groups attached to an aromatic ring is 1. The number of aliphatic imine (C=N–C) groups is 2. The van der Waals surface area contributed by atoms with Crippen molar-refractivity contribution in [3.63, 3.8) is 0 Å². The second kappa shape index (κ2) is 10.2. The summed E-state index contributed by atoms with van der Waals surface area (Å²) in [6, 6.07) is 5.72. The molecule has 174 valence electrons. The Morgan fingerprint density at radius 2 is 2.03 bits per heavy atom. The number of ether oxygens (including phenoxy) is 1. The molecular weight excluding hydrogens is 433 g/mol. The highest BCUT2D eigenvalue weighted by atomic mass is 19.3. The number of anilines is 1. The number of hydrogen-bond donors (Lipinski definition) is 3. The number of hydrogen-bond acceptors (Lipinski definition) is 7. The lowest BCUT2D eigenvalue weighted by Crippen LogP contribution is -2.17.